The molecule has 0 saturated heterocycles. The Bertz CT molecular complexity index is 1130. The van der Waals surface area contributed by atoms with E-state index in [4.69, 9.17) is 0 Å². The van der Waals surface area contributed by atoms with Crippen molar-refractivity contribution in [2.45, 2.75) is 27.2 Å². The van der Waals surface area contributed by atoms with Gasteiger partial charge in [-0.3, -0.25) is 9.59 Å². The van der Waals surface area contributed by atoms with Crippen LogP contribution in [0.3, 0.4) is 0 Å². The van der Waals surface area contributed by atoms with Crippen LogP contribution >= 0.6 is 0 Å². The molecular formula is C26H24N2O2. The maximum atomic E-state index is 13.4. The highest BCUT2D eigenvalue weighted by Crippen LogP contribution is 2.34. The summed E-state index contributed by atoms with van der Waals surface area (Å²) in [5.41, 5.74) is 6.13. The second kappa shape index (κ2) is 7.99. The molecule has 0 spiro atoms. The van der Waals surface area contributed by atoms with Gasteiger partial charge in [0, 0.05) is 5.69 Å². The lowest BCUT2D eigenvalue weighted by atomic mass is 10.0. The van der Waals surface area contributed by atoms with Crippen LogP contribution in [0.15, 0.2) is 78.5 Å². The average molecular weight is 396 g/mol. The fourth-order valence-corrected chi connectivity index (χ4v) is 3.53. The van der Waals surface area contributed by atoms with E-state index in [1.54, 1.807) is 12.1 Å². The highest BCUT2D eigenvalue weighted by molar-refractivity contribution is 6.46. The standard InChI is InChI=1S/C26H24N2O2/c1-4-19-9-13-21(14-10-19)27-24-23(20-11-5-17(2)6-12-20)25(29)28(26(24)30)22-15-7-18(3)8-16-22/h5-16,27H,4H2,1-3H3. The van der Waals surface area contributed by atoms with E-state index in [9.17, 15) is 9.59 Å². The molecule has 2 amide bonds. The SMILES string of the molecule is CCc1ccc(NC2=C(c3ccc(C)cc3)C(=O)N(c3ccc(C)cc3)C2=O)cc1. The third-order valence-corrected chi connectivity index (χ3v) is 5.35. The van der Waals surface area contributed by atoms with Crippen molar-refractivity contribution in [3.05, 3.63) is 101 Å². The van der Waals surface area contributed by atoms with Crippen LogP contribution in [-0.2, 0) is 16.0 Å². The molecule has 0 radical (unpaired) electrons. The van der Waals surface area contributed by atoms with Gasteiger partial charge < -0.3 is 5.32 Å². The number of rotatable bonds is 5. The fraction of sp³-hybridized carbons (Fsp3) is 0.154. The van der Waals surface area contributed by atoms with Crippen molar-refractivity contribution in [3.8, 4) is 0 Å². The van der Waals surface area contributed by atoms with E-state index in [1.165, 1.54) is 10.5 Å². The monoisotopic (exact) mass is 396 g/mol. The molecule has 0 atom stereocenters. The number of carbonyl (C=O) groups is 2. The molecule has 0 bridgehead atoms. The number of hydrogen-bond donors (Lipinski definition) is 1. The minimum Gasteiger partial charge on any atom is -0.350 e. The van der Waals surface area contributed by atoms with Crippen molar-refractivity contribution in [3.63, 3.8) is 0 Å². The summed E-state index contributed by atoms with van der Waals surface area (Å²) >= 11 is 0. The van der Waals surface area contributed by atoms with E-state index < -0.39 is 0 Å². The average Bonchev–Trinajstić information content (AvgIpc) is 3.00. The van der Waals surface area contributed by atoms with Gasteiger partial charge in [-0.2, -0.15) is 0 Å². The first kappa shape index (κ1) is 19.6. The Hall–Kier alpha value is -3.66. The summed E-state index contributed by atoms with van der Waals surface area (Å²) in [6, 6.07) is 23.0. The summed E-state index contributed by atoms with van der Waals surface area (Å²) in [4.78, 5) is 28.0. The lowest BCUT2D eigenvalue weighted by Crippen LogP contribution is -2.32. The molecule has 0 unspecified atom stereocenters. The summed E-state index contributed by atoms with van der Waals surface area (Å²) in [7, 11) is 0. The normalized spacial score (nSPS) is 13.9. The molecule has 4 heteroatoms. The molecule has 1 aliphatic heterocycles. The Labute approximate surface area is 176 Å². The fourth-order valence-electron chi connectivity index (χ4n) is 3.53. The van der Waals surface area contributed by atoms with Crippen molar-refractivity contribution in [2.75, 3.05) is 10.2 Å². The van der Waals surface area contributed by atoms with Gasteiger partial charge in [0.1, 0.15) is 5.70 Å². The van der Waals surface area contributed by atoms with Crippen LogP contribution in [0.2, 0.25) is 0 Å². The van der Waals surface area contributed by atoms with Gasteiger partial charge in [0.2, 0.25) is 0 Å². The van der Waals surface area contributed by atoms with Gasteiger partial charge >= 0.3 is 0 Å². The number of carbonyl (C=O) groups excluding carboxylic acids is 2. The second-order valence-corrected chi connectivity index (χ2v) is 7.57. The molecule has 0 aromatic heterocycles. The van der Waals surface area contributed by atoms with Crippen molar-refractivity contribution in [1.82, 2.24) is 0 Å². The van der Waals surface area contributed by atoms with Crippen LogP contribution in [0.25, 0.3) is 5.57 Å². The van der Waals surface area contributed by atoms with E-state index >= 15 is 0 Å². The Balaban J connectivity index is 1.78. The molecule has 1 N–H and O–H groups in total. The first-order valence-corrected chi connectivity index (χ1v) is 10.1. The Morgan fingerprint density at radius 2 is 1.30 bits per heavy atom. The van der Waals surface area contributed by atoms with Gasteiger partial charge in [-0.25, -0.2) is 4.90 Å². The zero-order valence-corrected chi connectivity index (χ0v) is 17.4. The number of hydrogen-bond acceptors (Lipinski definition) is 3. The van der Waals surface area contributed by atoms with E-state index in [2.05, 4.69) is 12.2 Å². The number of anilines is 2. The Kier molecular flexibility index (Phi) is 5.23. The van der Waals surface area contributed by atoms with E-state index in [0.717, 1.165) is 28.8 Å². The molecule has 30 heavy (non-hydrogen) atoms. The van der Waals surface area contributed by atoms with Crippen LogP contribution < -0.4 is 10.2 Å². The quantitative estimate of drug-likeness (QED) is 0.598. The lowest BCUT2D eigenvalue weighted by Gasteiger charge is -2.15. The highest BCUT2D eigenvalue weighted by atomic mass is 16.2. The topological polar surface area (TPSA) is 49.4 Å². The van der Waals surface area contributed by atoms with Crippen molar-refractivity contribution in [2.24, 2.45) is 0 Å². The smallest absolute Gasteiger partial charge is 0.282 e. The second-order valence-electron chi connectivity index (χ2n) is 7.57. The third kappa shape index (κ3) is 3.64. The van der Waals surface area contributed by atoms with Crippen molar-refractivity contribution in [1.29, 1.82) is 0 Å². The maximum absolute atomic E-state index is 13.4. The zero-order chi connectivity index (χ0) is 21.3. The molecule has 0 fully saturated rings. The van der Waals surface area contributed by atoms with Gasteiger partial charge in [-0.15, -0.1) is 0 Å². The van der Waals surface area contributed by atoms with E-state index in [-0.39, 0.29) is 11.8 Å². The van der Waals surface area contributed by atoms with Gasteiger partial charge in [-0.1, -0.05) is 66.6 Å². The largest absolute Gasteiger partial charge is 0.350 e. The Morgan fingerprint density at radius 3 is 1.87 bits per heavy atom. The first-order chi connectivity index (χ1) is 14.5. The van der Waals surface area contributed by atoms with Gasteiger partial charge in [0.05, 0.1) is 11.3 Å². The minimum absolute atomic E-state index is 0.300. The molecule has 4 rings (SSSR count). The van der Waals surface area contributed by atoms with Crippen LogP contribution in [0.1, 0.15) is 29.2 Å². The van der Waals surface area contributed by atoms with Gasteiger partial charge in [0.25, 0.3) is 11.8 Å². The summed E-state index contributed by atoms with van der Waals surface area (Å²) in [5.74, 6) is -0.667. The molecule has 0 aliphatic carbocycles. The molecule has 3 aromatic carbocycles. The third-order valence-electron chi connectivity index (χ3n) is 5.35. The first-order valence-electron chi connectivity index (χ1n) is 10.1. The summed E-state index contributed by atoms with van der Waals surface area (Å²) in [6.07, 6.45) is 0.941. The number of benzene rings is 3. The number of aryl methyl sites for hydroxylation is 3. The van der Waals surface area contributed by atoms with Crippen molar-refractivity contribution < 1.29 is 9.59 Å². The summed E-state index contributed by atoms with van der Waals surface area (Å²) in [5, 5.41) is 3.21. The van der Waals surface area contributed by atoms with Crippen LogP contribution in [-0.4, -0.2) is 11.8 Å². The predicted molar refractivity (Wildman–Crippen MR) is 121 cm³/mol. The molecule has 150 valence electrons. The van der Waals surface area contributed by atoms with Crippen LogP contribution in [0.5, 0.6) is 0 Å². The van der Waals surface area contributed by atoms with Crippen LogP contribution in [0, 0.1) is 13.8 Å². The van der Waals surface area contributed by atoms with Gasteiger partial charge in [-0.05, 0) is 55.7 Å². The molecular weight excluding hydrogens is 372 g/mol. The minimum atomic E-state index is -0.348. The van der Waals surface area contributed by atoms with Gasteiger partial charge in [0.15, 0.2) is 0 Å². The number of amides is 2. The summed E-state index contributed by atoms with van der Waals surface area (Å²) < 4.78 is 0. The molecule has 3 aromatic rings. The molecule has 4 nitrogen and oxygen atoms in total. The Morgan fingerprint density at radius 1 is 0.733 bits per heavy atom. The maximum Gasteiger partial charge on any atom is 0.282 e. The molecule has 1 aliphatic rings. The predicted octanol–water partition coefficient (Wildman–Crippen LogP) is 5.26. The zero-order valence-electron chi connectivity index (χ0n) is 17.4. The number of nitrogens with zero attached hydrogens (tertiary/aromatic N) is 1. The lowest BCUT2D eigenvalue weighted by molar-refractivity contribution is -0.120. The summed E-state index contributed by atoms with van der Waals surface area (Å²) in [6.45, 7) is 6.06. The molecule has 1 heterocycles. The number of nitrogens with one attached hydrogen (secondary N) is 1. The number of imide groups is 1. The van der Waals surface area contributed by atoms with Crippen LogP contribution in [0.4, 0.5) is 11.4 Å². The van der Waals surface area contributed by atoms with Crippen molar-refractivity contribution >= 4 is 28.8 Å². The molecule has 0 saturated carbocycles. The van der Waals surface area contributed by atoms with E-state index in [0.29, 0.717) is 17.0 Å². The van der Waals surface area contributed by atoms with E-state index in [1.807, 2.05) is 74.5 Å². The highest BCUT2D eigenvalue weighted by Gasteiger charge is 2.40.